The molecule has 4 atom stereocenters. The van der Waals surface area contributed by atoms with E-state index in [9.17, 15) is 22.8 Å². The third-order valence-corrected chi connectivity index (χ3v) is 10.5. The van der Waals surface area contributed by atoms with Gasteiger partial charge in [0.05, 0.1) is 12.1 Å². The highest BCUT2D eigenvalue weighted by Gasteiger charge is 2.54. The fourth-order valence-corrected chi connectivity index (χ4v) is 8.31. The topological polar surface area (TPSA) is 170 Å². The minimum atomic E-state index is -4.72. The molecule has 3 saturated heterocycles. The van der Waals surface area contributed by atoms with Crippen LogP contribution in [0.1, 0.15) is 138 Å². The monoisotopic (exact) mass is 703 g/mol. The number of carbonyl (C=O) groups excluding carboxylic acids is 3. The highest BCUT2D eigenvalue weighted by atomic mass is 32.3. The molecule has 0 aromatic carbocycles. The van der Waals surface area contributed by atoms with E-state index in [4.69, 9.17) is 23.8 Å². The Balaban J connectivity index is 1.64. The molecular formula is C33H61N5O9S. The van der Waals surface area contributed by atoms with Gasteiger partial charge in [0.1, 0.15) is 17.2 Å². The van der Waals surface area contributed by atoms with Crippen LogP contribution in [-0.4, -0.2) is 95.9 Å². The molecule has 278 valence electrons. The van der Waals surface area contributed by atoms with Crippen LogP contribution in [0, 0.1) is 0 Å². The highest BCUT2D eigenvalue weighted by molar-refractivity contribution is 7.81. The normalized spacial score (nSPS) is 23.2. The second kappa shape index (κ2) is 17.1. The van der Waals surface area contributed by atoms with Gasteiger partial charge in [-0.2, -0.15) is 13.5 Å². The third-order valence-electron chi connectivity index (χ3n) is 9.65. The van der Waals surface area contributed by atoms with Gasteiger partial charge in [-0.25, -0.2) is 19.3 Å². The molecule has 0 aliphatic carbocycles. The molecule has 3 N–H and O–H groups in total. The van der Waals surface area contributed by atoms with Gasteiger partial charge in [-0.3, -0.25) is 9.63 Å². The van der Waals surface area contributed by atoms with Crippen molar-refractivity contribution in [3.05, 3.63) is 0 Å². The molecule has 48 heavy (non-hydrogen) atoms. The van der Waals surface area contributed by atoms with Crippen LogP contribution in [0.3, 0.4) is 0 Å². The molecule has 3 heterocycles. The van der Waals surface area contributed by atoms with E-state index in [1.54, 1.807) is 4.90 Å². The quantitative estimate of drug-likeness (QED) is 0.178. The Morgan fingerprint density at radius 3 is 2.10 bits per heavy atom. The number of urea groups is 1. The zero-order chi connectivity index (χ0) is 35.8. The average molecular weight is 704 g/mol. The van der Waals surface area contributed by atoms with Crippen molar-refractivity contribution < 1.29 is 40.8 Å². The zero-order valence-electron chi connectivity index (χ0n) is 30.3. The van der Waals surface area contributed by atoms with Gasteiger partial charge in [-0.1, -0.05) is 66.2 Å². The summed E-state index contributed by atoms with van der Waals surface area (Å²) in [5.41, 5.74) is 6.91. The lowest BCUT2D eigenvalue weighted by Gasteiger charge is -2.48. The molecule has 0 aromatic rings. The van der Waals surface area contributed by atoms with E-state index < -0.39 is 51.2 Å². The summed E-state index contributed by atoms with van der Waals surface area (Å²) in [5, 5.41) is 0.844. The summed E-state index contributed by atoms with van der Waals surface area (Å²) in [5.74, 6) is -0.498. The Bertz CT molecular complexity index is 1190. The molecule has 0 aromatic heterocycles. The fourth-order valence-electron chi connectivity index (χ4n) is 7.18. The number of carbonyl (C=O) groups is 3. The van der Waals surface area contributed by atoms with Crippen LogP contribution < -0.4 is 11.2 Å². The first kappa shape index (κ1) is 40.2. The number of amides is 4. The fraction of sp³-hybridized carbons (Fsp3) is 0.909. The van der Waals surface area contributed by atoms with E-state index in [0.29, 0.717) is 70.9 Å². The SMILES string of the molecule is CCCCC(N)(CCC)C(CCC)(CCCC)OS(=O)(=O)ON1C(=O)N2C[C@H]1CC[C@H]2C(=O)NOC1CCN(C(=O)OC(C)(C)C)CC1. The minimum Gasteiger partial charge on any atom is -0.444 e. The van der Waals surface area contributed by atoms with Gasteiger partial charge in [0.2, 0.25) is 0 Å². The van der Waals surface area contributed by atoms with Crippen LogP contribution in [0.25, 0.3) is 0 Å². The number of ether oxygens (including phenoxy) is 1. The van der Waals surface area contributed by atoms with Gasteiger partial charge in [0, 0.05) is 25.2 Å². The van der Waals surface area contributed by atoms with E-state index in [1.165, 1.54) is 4.90 Å². The van der Waals surface area contributed by atoms with Crippen LogP contribution in [0.4, 0.5) is 9.59 Å². The van der Waals surface area contributed by atoms with Crippen molar-refractivity contribution in [2.24, 2.45) is 5.73 Å². The number of hydrogen-bond donors (Lipinski definition) is 2. The summed E-state index contributed by atoms with van der Waals surface area (Å²) in [7, 11) is -4.72. The number of unbranched alkanes of at least 4 members (excludes halogenated alkanes) is 2. The molecule has 15 heteroatoms. The smallest absolute Gasteiger partial charge is 0.421 e. The number of rotatable bonds is 18. The summed E-state index contributed by atoms with van der Waals surface area (Å²) < 4.78 is 44.3. The summed E-state index contributed by atoms with van der Waals surface area (Å²) in [6, 6.07) is -2.14. The van der Waals surface area contributed by atoms with Crippen molar-refractivity contribution in [2.45, 2.75) is 173 Å². The average Bonchev–Trinajstić information content (AvgIpc) is 3.24. The van der Waals surface area contributed by atoms with E-state index in [1.807, 2.05) is 41.5 Å². The van der Waals surface area contributed by atoms with Crippen molar-refractivity contribution in [1.29, 1.82) is 0 Å². The molecule has 2 bridgehead atoms. The molecular weight excluding hydrogens is 642 g/mol. The number of hydroxylamine groups is 3. The number of piperidine rings is 2. The van der Waals surface area contributed by atoms with Gasteiger partial charge in [0.25, 0.3) is 5.91 Å². The maximum Gasteiger partial charge on any atom is 0.421 e. The largest absolute Gasteiger partial charge is 0.444 e. The summed E-state index contributed by atoms with van der Waals surface area (Å²) in [4.78, 5) is 47.6. The van der Waals surface area contributed by atoms with Gasteiger partial charge in [0.15, 0.2) is 0 Å². The van der Waals surface area contributed by atoms with Gasteiger partial charge >= 0.3 is 22.5 Å². The Kier molecular flexibility index (Phi) is 14.4. The van der Waals surface area contributed by atoms with Crippen molar-refractivity contribution >= 4 is 28.4 Å². The third kappa shape index (κ3) is 10.2. The molecule has 14 nitrogen and oxygen atoms in total. The summed E-state index contributed by atoms with van der Waals surface area (Å²) in [6.45, 7) is 14.5. The second-order valence-corrected chi connectivity index (χ2v) is 15.8. The first-order valence-electron chi connectivity index (χ1n) is 18.0. The molecule has 3 fully saturated rings. The maximum atomic E-state index is 13.7. The highest BCUT2D eigenvalue weighted by Crippen LogP contribution is 2.43. The molecule has 2 unspecified atom stereocenters. The van der Waals surface area contributed by atoms with Gasteiger partial charge in [-0.05, 0) is 72.1 Å². The predicted molar refractivity (Wildman–Crippen MR) is 180 cm³/mol. The van der Waals surface area contributed by atoms with Crippen LogP contribution in [0.15, 0.2) is 0 Å². The van der Waals surface area contributed by atoms with Crippen LogP contribution in [0.5, 0.6) is 0 Å². The molecule has 0 radical (unpaired) electrons. The van der Waals surface area contributed by atoms with E-state index >= 15 is 0 Å². The zero-order valence-corrected chi connectivity index (χ0v) is 31.1. The molecule has 0 spiro atoms. The van der Waals surface area contributed by atoms with Gasteiger partial charge < -0.3 is 20.3 Å². The maximum absolute atomic E-state index is 13.7. The lowest BCUT2D eigenvalue weighted by atomic mass is 9.69. The molecule has 0 saturated carbocycles. The number of likely N-dealkylation sites (tertiary alicyclic amines) is 1. The van der Waals surface area contributed by atoms with E-state index in [-0.39, 0.29) is 18.7 Å². The van der Waals surface area contributed by atoms with Crippen molar-refractivity contribution in [3.8, 4) is 0 Å². The Labute approximate surface area is 287 Å². The lowest BCUT2D eigenvalue weighted by Crippen LogP contribution is -2.63. The van der Waals surface area contributed by atoms with Crippen molar-refractivity contribution in [3.63, 3.8) is 0 Å². The second-order valence-electron chi connectivity index (χ2n) is 14.7. The van der Waals surface area contributed by atoms with E-state index in [2.05, 4.69) is 12.4 Å². The molecule has 3 aliphatic rings. The lowest BCUT2D eigenvalue weighted by molar-refractivity contribution is -0.146. The molecule has 3 rings (SSSR count). The Hall–Kier alpha value is -2.20. The minimum absolute atomic E-state index is 0.129. The van der Waals surface area contributed by atoms with Crippen molar-refractivity contribution in [2.75, 3.05) is 19.6 Å². The number of nitrogens with one attached hydrogen (secondary N) is 1. The number of nitrogens with two attached hydrogens (primary N) is 1. The van der Waals surface area contributed by atoms with E-state index in [0.717, 1.165) is 37.2 Å². The number of hydrogen-bond acceptors (Lipinski definition) is 10. The van der Waals surface area contributed by atoms with Crippen LogP contribution in [-0.2, 0) is 33.2 Å². The number of nitrogens with zero attached hydrogens (tertiary/aromatic N) is 3. The van der Waals surface area contributed by atoms with Crippen LogP contribution >= 0.6 is 0 Å². The Morgan fingerprint density at radius 2 is 1.52 bits per heavy atom. The van der Waals surface area contributed by atoms with Gasteiger partial charge in [-0.15, -0.1) is 4.28 Å². The Morgan fingerprint density at radius 1 is 0.896 bits per heavy atom. The first-order chi connectivity index (χ1) is 22.5. The molecule has 4 amide bonds. The standard InChI is InChI=1S/C33H61N5O9S/c1-8-12-20-32(34,18-10-3)33(19-11-4,21-13-9-2)46-48(42,43)47-38-25-14-15-27(37(24-25)29(38)40)28(39)35-45-26-16-22-36(23-17-26)30(41)44-31(5,6)7/h25-27H,8-24,34H2,1-7H3,(H,35,39)/t25-,27+,32?,33?/m1/s1. The summed E-state index contributed by atoms with van der Waals surface area (Å²) >= 11 is 0. The first-order valence-corrected chi connectivity index (χ1v) is 19.3. The molecule has 3 aliphatic heterocycles. The predicted octanol–water partition coefficient (Wildman–Crippen LogP) is 5.31. The number of fused-ring (bicyclic) bond motifs is 2. The van der Waals surface area contributed by atoms with Crippen LogP contribution in [0.2, 0.25) is 0 Å². The van der Waals surface area contributed by atoms with Crippen molar-refractivity contribution in [1.82, 2.24) is 20.3 Å². The summed E-state index contributed by atoms with van der Waals surface area (Å²) in [6.07, 6.45) is 7.80.